The maximum absolute atomic E-state index is 5.81. The molecule has 2 aliphatic rings. The van der Waals surface area contributed by atoms with Crippen molar-refractivity contribution in [2.45, 2.75) is 38.5 Å². The molecule has 0 aromatic heterocycles. The van der Waals surface area contributed by atoms with Gasteiger partial charge in [0.1, 0.15) is 0 Å². The molecule has 1 unspecified atom stereocenters. The molecule has 0 aliphatic carbocycles. The van der Waals surface area contributed by atoms with Gasteiger partial charge in [-0.25, -0.2) is 0 Å². The first-order valence-corrected chi connectivity index (χ1v) is 10.9. The summed E-state index contributed by atoms with van der Waals surface area (Å²) in [6.45, 7) is 11.1. The van der Waals surface area contributed by atoms with Crippen molar-refractivity contribution in [3.8, 4) is 11.8 Å². The third kappa shape index (κ3) is 5.58. The first kappa shape index (κ1) is 20.4. The normalized spacial score (nSPS) is 26.2. The van der Waals surface area contributed by atoms with Crippen LogP contribution in [0.25, 0.3) is 10.8 Å². The summed E-state index contributed by atoms with van der Waals surface area (Å²) in [6, 6.07) is 16.0. The highest BCUT2D eigenvalue weighted by molar-refractivity contribution is 5.83. The predicted molar refractivity (Wildman–Crippen MR) is 120 cm³/mol. The molecule has 0 bridgehead atoms. The quantitative estimate of drug-likeness (QED) is 0.811. The number of nitrogens with zero attached hydrogens (tertiary/aromatic N) is 2. The van der Waals surface area contributed by atoms with Crippen LogP contribution in [0.3, 0.4) is 0 Å². The van der Waals surface area contributed by atoms with Crippen LogP contribution in [0.15, 0.2) is 42.5 Å². The Morgan fingerprint density at radius 2 is 1.76 bits per heavy atom. The van der Waals surface area contributed by atoms with E-state index >= 15 is 0 Å². The molecule has 2 saturated heterocycles. The summed E-state index contributed by atoms with van der Waals surface area (Å²) in [7, 11) is 0. The lowest BCUT2D eigenvalue weighted by Gasteiger charge is -2.35. The van der Waals surface area contributed by atoms with Crippen molar-refractivity contribution >= 4 is 10.8 Å². The first-order valence-electron chi connectivity index (χ1n) is 10.9. The summed E-state index contributed by atoms with van der Waals surface area (Å²) in [6.07, 6.45) is 1.68. The molecule has 2 heterocycles. The van der Waals surface area contributed by atoms with E-state index in [1.54, 1.807) is 0 Å². The Morgan fingerprint density at radius 3 is 2.59 bits per heavy atom. The van der Waals surface area contributed by atoms with E-state index < -0.39 is 0 Å². The second-order valence-electron chi connectivity index (χ2n) is 8.52. The molecule has 2 aromatic carbocycles. The van der Waals surface area contributed by atoms with Crippen LogP contribution >= 0.6 is 0 Å². The fourth-order valence-electron chi connectivity index (χ4n) is 4.59. The zero-order chi connectivity index (χ0) is 20.1. The van der Waals surface area contributed by atoms with E-state index in [1.807, 2.05) is 0 Å². The van der Waals surface area contributed by atoms with Crippen LogP contribution in [0, 0.1) is 11.8 Å². The SMILES string of the molecule is C[C@@H]1CN(CC#CCN2CCNCC2Cc2ccc3ccccc3c2)C[C@H](C)O1. The zero-order valence-corrected chi connectivity index (χ0v) is 17.7. The molecule has 3 atom stereocenters. The van der Waals surface area contributed by atoms with Crippen molar-refractivity contribution in [2.24, 2.45) is 0 Å². The Kier molecular flexibility index (Phi) is 6.84. The van der Waals surface area contributed by atoms with Crippen molar-refractivity contribution < 1.29 is 4.74 Å². The van der Waals surface area contributed by atoms with E-state index in [-0.39, 0.29) is 0 Å². The summed E-state index contributed by atoms with van der Waals surface area (Å²) in [4.78, 5) is 4.96. The maximum Gasteiger partial charge on any atom is 0.0678 e. The lowest BCUT2D eigenvalue weighted by Crippen LogP contribution is -2.52. The zero-order valence-electron chi connectivity index (χ0n) is 17.7. The fraction of sp³-hybridized carbons (Fsp3) is 0.520. The Morgan fingerprint density at radius 1 is 1.00 bits per heavy atom. The van der Waals surface area contributed by atoms with Crippen molar-refractivity contribution in [2.75, 3.05) is 45.8 Å². The first-order chi connectivity index (χ1) is 14.2. The molecule has 2 aliphatic heterocycles. The Labute approximate surface area is 175 Å². The van der Waals surface area contributed by atoms with Crippen LogP contribution in [0.4, 0.5) is 0 Å². The van der Waals surface area contributed by atoms with Crippen molar-refractivity contribution in [3.63, 3.8) is 0 Å². The molecular weight excluding hydrogens is 358 g/mol. The monoisotopic (exact) mass is 391 g/mol. The third-order valence-electron chi connectivity index (χ3n) is 5.96. The van der Waals surface area contributed by atoms with Gasteiger partial charge in [-0.15, -0.1) is 0 Å². The molecule has 0 saturated carbocycles. The highest BCUT2D eigenvalue weighted by atomic mass is 16.5. The number of piperazine rings is 1. The number of fused-ring (bicyclic) bond motifs is 1. The number of benzene rings is 2. The second kappa shape index (κ2) is 9.73. The van der Waals surface area contributed by atoms with Gasteiger partial charge in [-0.3, -0.25) is 9.80 Å². The van der Waals surface area contributed by atoms with Gasteiger partial charge in [0, 0.05) is 38.8 Å². The minimum absolute atomic E-state index is 0.306. The van der Waals surface area contributed by atoms with Gasteiger partial charge in [-0.2, -0.15) is 0 Å². The van der Waals surface area contributed by atoms with Crippen LogP contribution in [-0.2, 0) is 11.2 Å². The van der Waals surface area contributed by atoms with E-state index in [4.69, 9.17) is 4.74 Å². The smallest absolute Gasteiger partial charge is 0.0678 e. The standard InChI is InChI=1S/C25H33N3O/c1-20-18-27(19-21(2)29-20)12-5-6-13-28-14-11-26-17-25(28)16-22-9-10-23-7-3-4-8-24(23)15-22/h3-4,7-10,15,20-21,25-26H,11-14,16-19H2,1-2H3/t20-,21+,25?. The predicted octanol–water partition coefficient (Wildman–Crippen LogP) is 2.77. The minimum atomic E-state index is 0.306. The van der Waals surface area contributed by atoms with E-state index in [2.05, 4.69) is 83.3 Å². The molecule has 2 aromatic rings. The highest BCUT2D eigenvalue weighted by Gasteiger charge is 2.22. The maximum atomic E-state index is 5.81. The van der Waals surface area contributed by atoms with Gasteiger partial charge >= 0.3 is 0 Å². The number of nitrogens with one attached hydrogen (secondary N) is 1. The molecule has 154 valence electrons. The summed E-state index contributed by atoms with van der Waals surface area (Å²) in [5, 5.41) is 6.20. The van der Waals surface area contributed by atoms with Crippen LogP contribution in [0.5, 0.6) is 0 Å². The Bertz CT molecular complexity index is 861. The van der Waals surface area contributed by atoms with E-state index in [0.29, 0.717) is 18.2 Å². The molecule has 0 radical (unpaired) electrons. The molecule has 0 spiro atoms. The molecule has 4 nitrogen and oxygen atoms in total. The molecule has 4 rings (SSSR count). The van der Waals surface area contributed by atoms with E-state index in [1.165, 1.54) is 16.3 Å². The van der Waals surface area contributed by atoms with Crippen LogP contribution in [0.1, 0.15) is 19.4 Å². The molecule has 1 N–H and O–H groups in total. The van der Waals surface area contributed by atoms with Crippen molar-refractivity contribution in [3.05, 3.63) is 48.0 Å². The summed E-state index contributed by atoms with van der Waals surface area (Å²) in [5.74, 6) is 6.85. The largest absolute Gasteiger partial charge is 0.373 e. The number of ether oxygens (including phenoxy) is 1. The van der Waals surface area contributed by atoms with Gasteiger partial charge in [-0.05, 0) is 36.6 Å². The Hall–Kier alpha value is -1.90. The molecule has 4 heteroatoms. The number of morpholine rings is 1. The van der Waals surface area contributed by atoms with Gasteiger partial charge in [0.2, 0.25) is 0 Å². The van der Waals surface area contributed by atoms with E-state index in [9.17, 15) is 0 Å². The fourth-order valence-corrected chi connectivity index (χ4v) is 4.59. The average Bonchev–Trinajstić information content (AvgIpc) is 2.71. The van der Waals surface area contributed by atoms with Crippen molar-refractivity contribution in [1.82, 2.24) is 15.1 Å². The van der Waals surface area contributed by atoms with Crippen LogP contribution < -0.4 is 5.32 Å². The third-order valence-corrected chi connectivity index (χ3v) is 5.96. The van der Waals surface area contributed by atoms with Crippen molar-refractivity contribution in [1.29, 1.82) is 0 Å². The summed E-state index contributed by atoms with van der Waals surface area (Å²) >= 11 is 0. The molecular formula is C25H33N3O. The van der Waals surface area contributed by atoms with Crippen LogP contribution in [0.2, 0.25) is 0 Å². The summed E-state index contributed by atoms with van der Waals surface area (Å²) in [5.41, 5.74) is 1.41. The molecule has 0 amide bonds. The average molecular weight is 392 g/mol. The second-order valence-corrected chi connectivity index (χ2v) is 8.52. The highest BCUT2D eigenvalue weighted by Crippen LogP contribution is 2.18. The van der Waals surface area contributed by atoms with Gasteiger partial charge in [0.05, 0.1) is 25.3 Å². The number of rotatable bonds is 4. The van der Waals surface area contributed by atoms with Gasteiger partial charge < -0.3 is 10.1 Å². The van der Waals surface area contributed by atoms with E-state index in [0.717, 1.165) is 52.2 Å². The molecule has 29 heavy (non-hydrogen) atoms. The minimum Gasteiger partial charge on any atom is -0.373 e. The van der Waals surface area contributed by atoms with Crippen LogP contribution in [-0.4, -0.2) is 73.9 Å². The van der Waals surface area contributed by atoms with Gasteiger partial charge in [-0.1, -0.05) is 54.3 Å². The van der Waals surface area contributed by atoms with Gasteiger partial charge in [0.25, 0.3) is 0 Å². The lowest BCUT2D eigenvalue weighted by molar-refractivity contribution is -0.0640. The number of hydrogen-bond donors (Lipinski definition) is 1. The van der Waals surface area contributed by atoms with Gasteiger partial charge in [0.15, 0.2) is 0 Å². The molecule has 2 fully saturated rings. The summed E-state index contributed by atoms with van der Waals surface area (Å²) < 4.78 is 5.81. The number of hydrogen-bond acceptors (Lipinski definition) is 4. The Balaban J connectivity index is 1.34. The topological polar surface area (TPSA) is 27.7 Å². The lowest BCUT2D eigenvalue weighted by atomic mass is 10.00.